The van der Waals surface area contributed by atoms with Crippen molar-refractivity contribution >= 4 is 34.5 Å². The molecular formula is C18H19ClN2O2S. The second kappa shape index (κ2) is 8.68. The lowest BCUT2D eigenvalue weighted by molar-refractivity contribution is 0.150. The van der Waals surface area contributed by atoms with Gasteiger partial charge in [0, 0.05) is 30.3 Å². The Kier molecular flexibility index (Phi) is 6.61. The van der Waals surface area contributed by atoms with E-state index in [9.17, 15) is 0 Å². The van der Waals surface area contributed by atoms with E-state index in [1.165, 1.54) is 0 Å². The Bertz CT molecular complexity index is 719. The van der Waals surface area contributed by atoms with Crippen LogP contribution in [0, 0.1) is 0 Å². The highest BCUT2D eigenvalue weighted by molar-refractivity contribution is 7.80. The largest absolute Gasteiger partial charge is 0.382 e. The Morgan fingerprint density at radius 2 is 1.83 bits per heavy atom. The van der Waals surface area contributed by atoms with Crippen LogP contribution in [0.4, 0.5) is 0 Å². The van der Waals surface area contributed by atoms with Gasteiger partial charge in [0.05, 0.1) is 5.70 Å². The van der Waals surface area contributed by atoms with Gasteiger partial charge >= 0.3 is 0 Å². The number of hydrogen-bond donors (Lipinski definition) is 2. The number of para-hydroxylation sites is 1. The standard InChI is InChI=1S/C18H19ClN2O2S/c1-12(13-8-10-14(19)11-9-13)21-23-16-7-5-4-6-15(16)17(22-3)18(24)20-2/h4-11,17,21H,1H2,2-3H3,(H,20,24). The number of thiocarbonyl (C=S) groups is 1. The molecule has 0 aromatic heterocycles. The maximum Gasteiger partial charge on any atom is 0.161 e. The third-order valence-corrected chi connectivity index (χ3v) is 4.07. The summed E-state index contributed by atoms with van der Waals surface area (Å²) in [6.45, 7) is 3.97. The lowest BCUT2D eigenvalue weighted by Crippen LogP contribution is -2.26. The molecule has 2 rings (SSSR count). The second-order valence-corrected chi connectivity index (χ2v) is 5.83. The number of hydroxylamine groups is 1. The smallest absolute Gasteiger partial charge is 0.161 e. The van der Waals surface area contributed by atoms with E-state index in [4.69, 9.17) is 33.4 Å². The molecular weight excluding hydrogens is 344 g/mol. The molecule has 24 heavy (non-hydrogen) atoms. The van der Waals surface area contributed by atoms with Crippen molar-refractivity contribution in [3.63, 3.8) is 0 Å². The third kappa shape index (κ3) is 4.47. The van der Waals surface area contributed by atoms with Gasteiger partial charge in [-0.05, 0) is 18.2 Å². The van der Waals surface area contributed by atoms with Crippen molar-refractivity contribution in [3.05, 3.63) is 71.3 Å². The van der Waals surface area contributed by atoms with Crippen LogP contribution in [0.2, 0.25) is 5.02 Å². The summed E-state index contributed by atoms with van der Waals surface area (Å²) in [4.78, 5) is 6.29. The highest BCUT2D eigenvalue weighted by Crippen LogP contribution is 2.28. The van der Waals surface area contributed by atoms with E-state index < -0.39 is 6.10 Å². The van der Waals surface area contributed by atoms with Crippen LogP contribution < -0.4 is 15.6 Å². The number of hydrogen-bond acceptors (Lipinski definition) is 4. The predicted molar refractivity (Wildman–Crippen MR) is 102 cm³/mol. The Morgan fingerprint density at radius 1 is 1.17 bits per heavy atom. The number of methoxy groups -OCH3 is 1. The topological polar surface area (TPSA) is 42.5 Å². The summed E-state index contributed by atoms with van der Waals surface area (Å²) in [6.07, 6.45) is -0.396. The summed E-state index contributed by atoms with van der Waals surface area (Å²) >= 11 is 11.2. The van der Waals surface area contributed by atoms with E-state index >= 15 is 0 Å². The minimum atomic E-state index is -0.396. The van der Waals surface area contributed by atoms with Crippen LogP contribution in [0.25, 0.3) is 5.70 Å². The minimum absolute atomic E-state index is 0.396. The van der Waals surface area contributed by atoms with Gasteiger partial charge in [0.1, 0.15) is 11.1 Å². The zero-order chi connectivity index (χ0) is 17.5. The van der Waals surface area contributed by atoms with Crippen molar-refractivity contribution in [1.29, 1.82) is 0 Å². The summed E-state index contributed by atoms with van der Waals surface area (Å²) in [5.41, 5.74) is 5.17. The minimum Gasteiger partial charge on any atom is -0.382 e. The van der Waals surface area contributed by atoms with Gasteiger partial charge in [0.25, 0.3) is 0 Å². The SMILES string of the molecule is C=C(NOc1ccccc1C(OC)C(=S)NC)c1ccc(Cl)cc1. The molecule has 0 heterocycles. The molecule has 0 aliphatic carbocycles. The fourth-order valence-electron chi connectivity index (χ4n) is 2.12. The highest BCUT2D eigenvalue weighted by atomic mass is 35.5. The zero-order valence-electron chi connectivity index (χ0n) is 13.5. The fourth-order valence-corrected chi connectivity index (χ4v) is 2.47. The molecule has 0 spiro atoms. The average Bonchev–Trinajstić information content (AvgIpc) is 2.61. The molecule has 0 aliphatic heterocycles. The van der Waals surface area contributed by atoms with Gasteiger partial charge in [-0.3, -0.25) is 0 Å². The lowest BCUT2D eigenvalue weighted by atomic mass is 10.1. The summed E-state index contributed by atoms with van der Waals surface area (Å²) in [5.74, 6) is 0.608. The van der Waals surface area contributed by atoms with E-state index in [1.807, 2.05) is 36.4 Å². The highest BCUT2D eigenvalue weighted by Gasteiger charge is 2.19. The van der Waals surface area contributed by atoms with Crippen LogP contribution in [0.1, 0.15) is 17.2 Å². The van der Waals surface area contributed by atoms with E-state index in [2.05, 4.69) is 17.4 Å². The van der Waals surface area contributed by atoms with Crippen LogP contribution in [-0.2, 0) is 4.74 Å². The van der Waals surface area contributed by atoms with E-state index in [1.54, 1.807) is 26.3 Å². The van der Waals surface area contributed by atoms with Gasteiger partial charge in [-0.2, -0.15) is 0 Å². The number of nitrogens with one attached hydrogen (secondary N) is 2. The number of halogens is 1. The molecule has 2 N–H and O–H groups in total. The molecule has 1 atom stereocenters. The molecule has 0 saturated carbocycles. The van der Waals surface area contributed by atoms with Gasteiger partial charge in [0.2, 0.25) is 0 Å². The summed E-state index contributed by atoms with van der Waals surface area (Å²) < 4.78 is 5.49. The van der Waals surface area contributed by atoms with Gasteiger partial charge in [0.15, 0.2) is 5.75 Å². The molecule has 0 aliphatic rings. The maximum atomic E-state index is 5.89. The molecule has 6 heteroatoms. The predicted octanol–water partition coefficient (Wildman–Crippen LogP) is 4.13. The van der Waals surface area contributed by atoms with Crippen LogP contribution in [-0.4, -0.2) is 19.1 Å². The lowest BCUT2D eigenvalue weighted by Gasteiger charge is -2.20. The molecule has 0 fully saturated rings. The first-order valence-electron chi connectivity index (χ1n) is 7.27. The average molecular weight is 363 g/mol. The van der Waals surface area contributed by atoms with Gasteiger partial charge < -0.3 is 14.9 Å². The molecule has 0 radical (unpaired) electrons. The first-order chi connectivity index (χ1) is 11.6. The third-order valence-electron chi connectivity index (χ3n) is 3.40. The van der Waals surface area contributed by atoms with Crippen molar-refractivity contribution in [2.45, 2.75) is 6.10 Å². The summed E-state index contributed by atoms with van der Waals surface area (Å²) in [5, 5.41) is 3.61. The normalized spacial score (nSPS) is 11.5. The number of ether oxygens (including phenoxy) is 1. The molecule has 0 bridgehead atoms. The van der Waals surface area contributed by atoms with Crippen LogP contribution in [0.5, 0.6) is 5.75 Å². The number of likely N-dealkylation sites (N-methyl/N-ethyl adjacent to an activating group) is 1. The summed E-state index contributed by atoms with van der Waals surface area (Å²) in [7, 11) is 3.36. The quantitative estimate of drug-likeness (QED) is 0.572. The fraction of sp³-hybridized carbons (Fsp3) is 0.167. The monoisotopic (exact) mass is 362 g/mol. The van der Waals surface area contributed by atoms with Gasteiger partial charge in [-0.1, -0.05) is 60.7 Å². The zero-order valence-corrected chi connectivity index (χ0v) is 15.1. The van der Waals surface area contributed by atoms with Gasteiger partial charge in [-0.15, -0.1) is 0 Å². The van der Waals surface area contributed by atoms with Crippen molar-refractivity contribution < 1.29 is 9.57 Å². The van der Waals surface area contributed by atoms with E-state index in [0.717, 1.165) is 11.1 Å². The molecule has 2 aromatic rings. The van der Waals surface area contributed by atoms with Crippen LogP contribution in [0.3, 0.4) is 0 Å². The molecule has 1 unspecified atom stereocenters. The number of benzene rings is 2. The maximum absolute atomic E-state index is 5.89. The van der Waals surface area contributed by atoms with Crippen molar-refractivity contribution in [2.75, 3.05) is 14.2 Å². The summed E-state index contributed by atoms with van der Waals surface area (Å²) in [6, 6.07) is 14.8. The Hall–Kier alpha value is -2.08. The van der Waals surface area contributed by atoms with E-state index in [-0.39, 0.29) is 0 Å². The van der Waals surface area contributed by atoms with Crippen LogP contribution in [0.15, 0.2) is 55.1 Å². The molecule has 0 saturated heterocycles. The Balaban J connectivity index is 2.14. The molecule has 2 aromatic carbocycles. The second-order valence-electron chi connectivity index (χ2n) is 4.96. The van der Waals surface area contributed by atoms with Crippen LogP contribution >= 0.6 is 23.8 Å². The number of rotatable bonds is 7. The Morgan fingerprint density at radius 3 is 2.46 bits per heavy atom. The molecule has 4 nitrogen and oxygen atoms in total. The van der Waals surface area contributed by atoms with Gasteiger partial charge in [-0.25, -0.2) is 5.48 Å². The molecule has 126 valence electrons. The first kappa shape index (κ1) is 18.3. The first-order valence-corrected chi connectivity index (χ1v) is 8.06. The van der Waals surface area contributed by atoms with Crippen molar-refractivity contribution in [2.24, 2.45) is 0 Å². The van der Waals surface area contributed by atoms with Crippen molar-refractivity contribution in [3.8, 4) is 5.75 Å². The molecule has 0 amide bonds. The Labute approximate surface area is 152 Å². The van der Waals surface area contributed by atoms with Crippen molar-refractivity contribution in [1.82, 2.24) is 10.8 Å². The van der Waals surface area contributed by atoms with E-state index in [0.29, 0.717) is 21.5 Å².